The summed E-state index contributed by atoms with van der Waals surface area (Å²) in [5.41, 5.74) is -0.112. The fourth-order valence-corrected chi connectivity index (χ4v) is 2.80. The Kier molecular flexibility index (Phi) is 5.89. The van der Waals surface area contributed by atoms with Gasteiger partial charge in [-0.25, -0.2) is 4.79 Å². The molecule has 1 aromatic rings. The van der Waals surface area contributed by atoms with Gasteiger partial charge < -0.3 is 14.6 Å². The molecule has 1 aliphatic rings. The zero-order valence-corrected chi connectivity index (χ0v) is 15.2. The Labute approximate surface area is 148 Å². The molecule has 0 saturated carbocycles. The van der Waals surface area contributed by atoms with Crippen LogP contribution in [0.5, 0.6) is 5.75 Å². The largest absolute Gasteiger partial charge is 0.497 e. The Morgan fingerprint density at radius 3 is 2.68 bits per heavy atom. The number of anilines is 1. The first-order chi connectivity index (χ1) is 11.8. The van der Waals surface area contributed by atoms with Gasteiger partial charge in [-0.3, -0.25) is 14.6 Å². The van der Waals surface area contributed by atoms with Crippen LogP contribution in [0.3, 0.4) is 0 Å². The Balaban J connectivity index is 2.19. The van der Waals surface area contributed by atoms with E-state index in [1.54, 1.807) is 45.0 Å². The molecule has 0 radical (unpaired) electrons. The lowest BCUT2D eigenvalue weighted by Gasteiger charge is -2.31. The summed E-state index contributed by atoms with van der Waals surface area (Å²) in [6.07, 6.45) is 0.748. The van der Waals surface area contributed by atoms with Crippen molar-refractivity contribution in [2.45, 2.75) is 45.3 Å². The molecule has 1 aliphatic heterocycles. The summed E-state index contributed by atoms with van der Waals surface area (Å²) in [5, 5.41) is 9.71. The molecule has 1 fully saturated rings. The number of rotatable bonds is 4. The predicted molar refractivity (Wildman–Crippen MR) is 93.5 cm³/mol. The van der Waals surface area contributed by atoms with Gasteiger partial charge in [-0.05, 0) is 45.7 Å². The van der Waals surface area contributed by atoms with Crippen LogP contribution < -0.4 is 9.64 Å². The van der Waals surface area contributed by atoms with E-state index in [4.69, 9.17) is 9.47 Å². The first-order valence-corrected chi connectivity index (χ1v) is 8.32. The van der Waals surface area contributed by atoms with Crippen molar-refractivity contribution in [3.8, 4) is 5.75 Å². The number of likely N-dealkylation sites (tertiary alicyclic amines) is 1. The Morgan fingerprint density at radius 1 is 1.36 bits per heavy atom. The van der Waals surface area contributed by atoms with E-state index >= 15 is 0 Å². The summed E-state index contributed by atoms with van der Waals surface area (Å²) >= 11 is 0. The van der Waals surface area contributed by atoms with Crippen LogP contribution in [-0.4, -0.2) is 54.0 Å². The van der Waals surface area contributed by atoms with E-state index in [1.807, 2.05) is 0 Å². The molecule has 1 aromatic carbocycles. The number of nitrogens with zero attached hydrogens (tertiary/aromatic N) is 2. The predicted octanol–water partition coefficient (Wildman–Crippen LogP) is 2.38. The van der Waals surface area contributed by atoms with Gasteiger partial charge in [-0.15, -0.1) is 0 Å². The molecule has 7 nitrogen and oxygen atoms in total. The molecule has 0 aliphatic carbocycles. The maximum atomic E-state index is 12.9. The number of carbonyl (C=O) groups is 2. The number of benzene rings is 1. The number of methoxy groups -OCH3 is 1. The molecule has 1 saturated heterocycles. The number of hydrogen-bond acceptors (Lipinski definition) is 5. The van der Waals surface area contributed by atoms with Gasteiger partial charge in [-0.1, -0.05) is 6.07 Å². The van der Waals surface area contributed by atoms with Crippen LogP contribution in [0.4, 0.5) is 10.5 Å². The third-order valence-corrected chi connectivity index (χ3v) is 3.94. The average molecular weight is 350 g/mol. The highest BCUT2D eigenvalue weighted by atomic mass is 16.6. The molecule has 2 amide bonds. The summed E-state index contributed by atoms with van der Waals surface area (Å²) in [5.74, 6) is 0.248. The van der Waals surface area contributed by atoms with Gasteiger partial charge in [0.15, 0.2) is 0 Å². The Bertz CT molecular complexity index is 626. The van der Waals surface area contributed by atoms with Gasteiger partial charge in [0.2, 0.25) is 0 Å². The summed E-state index contributed by atoms with van der Waals surface area (Å²) in [6, 6.07) is 6.23. The molecule has 0 aromatic heterocycles. The van der Waals surface area contributed by atoms with Crippen molar-refractivity contribution in [2.24, 2.45) is 0 Å². The second-order valence-corrected chi connectivity index (χ2v) is 6.94. The maximum absolute atomic E-state index is 12.9. The number of aliphatic hydroxyl groups excluding tert-OH is 1. The fourth-order valence-electron chi connectivity index (χ4n) is 2.80. The summed E-state index contributed by atoms with van der Waals surface area (Å²) in [7, 11) is 1.53. The Morgan fingerprint density at radius 2 is 2.08 bits per heavy atom. The summed E-state index contributed by atoms with van der Waals surface area (Å²) < 4.78 is 10.6. The van der Waals surface area contributed by atoms with E-state index in [9.17, 15) is 14.7 Å². The number of hydrogen-bond donors (Lipinski definition) is 1. The van der Waals surface area contributed by atoms with Crippen molar-refractivity contribution in [2.75, 3.05) is 25.3 Å². The lowest BCUT2D eigenvalue weighted by molar-refractivity contribution is -0.123. The molecule has 7 heteroatoms. The van der Waals surface area contributed by atoms with Crippen LogP contribution in [-0.2, 0) is 9.53 Å². The summed E-state index contributed by atoms with van der Waals surface area (Å²) in [4.78, 5) is 28.0. The van der Waals surface area contributed by atoms with Gasteiger partial charge in [0.1, 0.15) is 24.1 Å². The monoisotopic (exact) mass is 350 g/mol. The summed E-state index contributed by atoms with van der Waals surface area (Å²) in [6.45, 7) is 5.34. The van der Waals surface area contributed by atoms with Crippen LogP contribution in [0.15, 0.2) is 24.3 Å². The minimum Gasteiger partial charge on any atom is -0.497 e. The van der Waals surface area contributed by atoms with Crippen LogP contribution in [0.2, 0.25) is 0 Å². The van der Waals surface area contributed by atoms with Crippen molar-refractivity contribution in [1.82, 2.24) is 4.90 Å². The molecule has 1 atom stereocenters. The highest BCUT2D eigenvalue weighted by Gasteiger charge is 2.38. The fraction of sp³-hybridized carbons (Fsp3) is 0.556. The second-order valence-electron chi connectivity index (χ2n) is 6.94. The normalized spacial score (nSPS) is 17.3. The van der Waals surface area contributed by atoms with E-state index < -0.39 is 24.5 Å². The smallest absolute Gasteiger partial charge is 0.410 e. The van der Waals surface area contributed by atoms with E-state index in [2.05, 4.69) is 0 Å². The quantitative estimate of drug-likeness (QED) is 0.844. The molecule has 2 rings (SSSR count). The first kappa shape index (κ1) is 19.1. The molecule has 25 heavy (non-hydrogen) atoms. The molecule has 0 spiro atoms. The molecular weight excluding hydrogens is 324 g/mol. The van der Waals surface area contributed by atoms with Crippen LogP contribution in [0, 0.1) is 0 Å². The standard InChI is InChI=1S/C18H26N2O5/c1-18(2,3)25-17(23)19-10-6-9-15(19)16(22)20(12-21)13-7-5-8-14(11-13)24-4/h5,7-8,11,15,21H,6,9-10,12H2,1-4H3. The van der Waals surface area contributed by atoms with Gasteiger partial charge in [0, 0.05) is 18.3 Å². The SMILES string of the molecule is COc1cccc(N(CO)C(=O)C2CCCN2C(=O)OC(C)(C)C)c1. The van der Waals surface area contributed by atoms with Crippen LogP contribution in [0.25, 0.3) is 0 Å². The van der Waals surface area contributed by atoms with Crippen molar-refractivity contribution in [3.05, 3.63) is 24.3 Å². The topological polar surface area (TPSA) is 79.3 Å². The van der Waals surface area contributed by atoms with Crippen molar-refractivity contribution in [1.29, 1.82) is 0 Å². The van der Waals surface area contributed by atoms with Crippen molar-refractivity contribution < 1.29 is 24.2 Å². The first-order valence-electron chi connectivity index (χ1n) is 8.32. The second kappa shape index (κ2) is 7.74. The van der Waals surface area contributed by atoms with Crippen LogP contribution >= 0.6 is 0 Å². The number of carbonyl (C=O) groups excluding carboxylic acids is 2. The maximum Gasteiger partial charge on any atom is 0.410 e. The zero-order valence-electron chi connectivity index (χ0n) is 15.2. The Hall–Kier alpha value is -2.28. The van der Waals surface area contributed by atoms with Gasteiger partial charge in [0.05, 0.1) is 7.11 Å². The number of aliphatic hydroxyl groups is 1. The van der Waals surface area contributed by atoms with Gasteiger partial charge >= 0.3 is 6.09 Å². The lowest BCUT2D eigenvalue weighted by Crippen LogP contribution is -2.49. The zero-order chi connectivity index (χ0) is 18.6. The molecule has 0 bridgehead atoms. The van der Waals surface area contributed by atoms with E-state index in [0.29, 0.717) is 30.8 Å². The van der Waals surface area contributed by atoms with Gasteiger partial charge in [0.25, 0.3) is 5.91 Å². The minimum absolute atomic E-state index is 0.334. The third-order valence-electron chi connectivity index (χ3n) is 3.94. The van der Waals surface area contributed by atoms with Crippen molar-refractivity contribution >= 4 is 17.7 Å². The lowest BCUT2D eigenvalue weighted by atomic mass is 10.1. The van der Waals surface area contributed by atoms with Crippen LogP contribution in [0.1, 0.15) is 33.6 Å². The third kappa shape index (κ3) is 4.63. The molecule has 1 heterocycles. The molecule has 138 valence electrons. The number of ether oxygens (including phenoxy) is 2. The molecule has 1 unspecified atom stereocenters. The van der Waals surface area contributed by atoms with E-state index in [0.717, 1.165) is 0 Å². The highest BCUT2D eigenvalue weighted by Crippen LogP contribution is 2.26. The minimum atomic E-state index is -0.645. The molecular formula is C18H26N2O5. The van der Waals surface area contributed by atoms with Crippen molar-refractivity contribution in [3.63, 3.8) is 0 Å². The molecule has 1 N–H and O–H groups in total. The highest BCUT2D eigenvalue weighted by molar-refractivity contribution is 5.99. The average Bonchev–Trinajstić information content (AvgIpc) is 3.04. The van der Waals surface area contributed by atoms with E-state index in [1.165, 1.54) is 16.9 Å². The number of amides is 2. The van der Waals surface area contributed by atoms with E-state index in [-0.39, 0.29) is 5.91 Å². The van der Waals surface area contributed by atoms with Gasteiger partial charge in [-0.2, -0.15) is 0 Å².